The molecule has 0 amide bonds. The van der Waals surface area contributed by atoms with Crippen LogP contribution in [-0.4, -0.2) is 177 Å². The molecule has 3 aliphatic rings. The number of hydrogen-bond donors (Lipinski definition) is 1. The second-order valence-electron chi connectivity index (χ2n) is 14.3. The third-order valence-electron chi connectivity index (χ3n) is 8.81. The Morgan fingerprint density at radius 2 is 0.578 bits per heavy atom. The molecule has 1 N–H and O–H groups in total. The first-order chi connectivity index (χ1) is 29.9. The van der Waals surface area contributed by atoms with Gasteiger partial charge in [-0.3, -0.25) is 47.9 Å². The smallest absolute Gasteiger partial charge is 0.303 e. The third-order valence-corrected chi connectivity index (χ3v) is 8.81. The van der Waals surface area contributed by atoms with Gasteiger partial charge >= 0.3 is 59.7 Å². The maximum atomic E-state index is 12.6. The highest BCUT2D eigenvalue weighted by Gasteiger charge is 2.57. The van der Waals surface area contributed by atoms with Gasteiger partial charge in [-0.15, -0.1) is 0 Å². The Kier molecular flexibility index (Phi) is 19.8. The van der Waals surface area contributed by atoms with E-state index < -0.39 is 172 Å². The molecule has 0 aliphatic carbocycles. The van der Waals surface area contributed by atoms with Crippen molar-refractivity contribution in [1.29, 1.82) is 0 Å². The summed E-state index contributed by atoms with van der Waals surface area (Å²) in [6, 6.07) is 0. The van der Waals surface area contributed by atoms with E-state index in [4.69, 9.17) is 71.1 Å². The molecule has 0 aromatic heterocycles. The average Bonchev–Trinajstić information content (AvgIpc) is 3.14. The molecule has 0 bridgehead atoms. The molecule has 26 heteroatoms. The molecule has 3 heterocycles. The largest absolute Gasteiger partial charge is 0.463 e. The Bertz CT molecular complexity index is 1730. The zero-order chi connectivity index (χ0) is 48.2. The SMILES string of the molecule is CC(=O)OC[C@H]1O[C@H](OC[C@H]2O[C@H](OC[C@H]3O[C@H](O)[C@H](OC(C)=O)[C@@H](OC(C)=O)[C@@H]3OC(C)=O)[C@H](OC(C)=O)[C@@H](OC(C)=O)[C@H]2OC(C)=O)[C@H](OC(C)=O)[C@@H](OC(C)=O)[C@H]1OC(C)=O. The molecular weight excluding hydrogens is 872 g/mol. The molecule has 0 saturated carbocycles. The second kappa shape index (κ2) is 23.9. The second-order valence-corrected chi connectivity index (χ2v) is 14.3. The van der Waals surface area contributed by atoms with Crippen molar-refractivity contribution in [2.24, 2.45) is 0 Å². The summed E-state index contributed by atoms with van der Waals surface area (Å²) in [6.45, 7) is 7.75. The summed E-state index contributed by atoms with van der Waals surface area (Å²) in [6.07, 6.45) is -25.6. The van der Waals surface area contributed by atoms with Gasteiger partial charge in [-0.1, -0.05) is 0 Å². The van der Waals surface area contributed by atoms with Crippen LogP contribution in [0.2, 0.25) is 0 Å². The third kappa shape index (κ3) is 15.6. The van der Waals surface area contributed by atoms with E-state index in [0.717, 1.165) is 69.2 Å². The van der Waals surface area contributed by atoms with Crippen LogP contribution in [-0.2, 0) is 119 Å². The highest BCUT2D eigenvalue weighted by Crippen LogP contribution is 2.35. The highest BCUT2D eigenvalue weighted by molar-refractivity contribution is 5.70. The quantitative estimate of drug-likeness (QED) is 0.123. The maximum Gasteiger partial charge on any atom is 0.303 e. The predicted octanol–water partition coefficient (Wildman–Crippen LogP) is -1.86. The van der Waals surface area contributed by atoms with Crippen molar-refractivity contribution in [3.8, 4) is 0 Å². The molecule has 64 heavy (non-hydrogen) atoms. The van der Waals surface area contributed by atoms with Crippen molar-refractivity contribution in [2.75, 3.05) is 19.8 Å². The van der Waals surface area contributed by atoms with E-state index in [-0.39, 0.29) is 0 Å². The standard InChI is InChI=1S/C38H52O26/c1-14(39)50-11-25-28(54-16(3)41)31(57-19(6)44)34(60-22(9)47)38(63-25)52-13-26-29(55-17(4)42)32(58-20(7)45)35(61-23(10)48)37(64-26)51-12-24-27(53-15(2)40)30(56-18(5)43)33(36(49)62-24)59-21(8)46/h24-38,49H,11-13H2,1-10H3/t24-,25-,26-,27-,28+,29+,30+,31+,32+,33-,34-,35-,36+,37+,38+/m1/s1. The van der Waals surface area contributed by atoms with Gasteiger partial charge in [0.25, 0.3) is 0 Å². The van der Waals surface area contributed by atoms with Gasteiger partial charge in [0.05, 0.1) is 13.2 Å². The lowest BCUT2D eigenvalue weighted by Crippen LogP contribution is -2.65. The van der Waals surface area contributed by atoms with Gasteiger partial charge < -0.3 is 76.2 Å². The van der Waals surface area contributed by atoms with Crippen LogP contribution in [0.15, 0.2) is 0 Å². The highest BCUT2D eigenvalue weighted by atomic mass is 16.8. The topological polar surface area (TPSA) is 329 Å². The molecule has 26 nitrogen and oxygen atoms in total. The fourth-order valence-electron chi connectivity index (χ4n) is 6.83. The van der Waals surface area contributed by atoms with Gasteiger partial charge in [0.15, 0.2) is 73.8 Å². The van der Waals surface area contributed by atoms with Crippen molar-refractivity contribution >= 4 is 59.7 Å². The van der Waals surface area contributed by atoms with Crippen molar-refractivity contribution < 1.29 is 124 Å². The molecule has 0 aromatic carbocycles. The number of carbonyl (C=O) groups is 10. The van der Waals surface area contributed by atoms with Gasteiger partial charge in [-0.2, -0.15) is 0 Å². The number of carbonyl (C=O) groups excluding carboxylic acids is 10. The van der Waals surface area contributed by atoms with Gasteiger partial charge in [0, 0.05) is 69.2 Å². The Labute approximate surface area is 364 Å². The molecule has 0 aromatic rings. The van der Waals surface area contributed by atoms with Gasteiger partial charge in [-0.05, 0) is 0 Å². The summed E-state index contributed by atoms with van der Waals surface area (Å²) in [5, 5.41) is 10.9. The van der Waals surface area contributed by atoms with Gasteiger partial charge in [0.1, 0.15) is 24.9 Å². The molecule has 3 fully saturated rings. The minimum Gasteiger partial charge on any atom is -0.463 e. The summed E-state index contributed by atoms with van der Waals surface area (Å²) >= 11 is 0. The van der Waals surface area contributed by atoms with Crippen LogP contribution in [0.25, 0.3) is 0 Å². The fraction of sp³-hybridized carbons (Fsp3) is 0.737. The molecule has 3 saturated heterocycles. The average molecular weight is 925 g/mol. The zero-order valence-corrected chi connectivity index (χ0v) is 36.4. The molecule has 3 rings (SSSR count). The van der Waals surface area contributed by atoms with Gasteiger partial charge in [0.2, 0.25) is 0 Å². The fourth-order valence-corrected chi connectivity index (χ4v) is 6.83. The monoisotopic (exact) mass is 924 g/mol. The molecule has 15 atom stereocenters. The number of ether oxygens (including phenoxy) is 15. The van der Waals surface area contributed by atoms with Crippen molar-refractivity contribution in [2.45, 2.75) is 161 Å². The number of hydrogen-bond acceptors (Lipinski definition) is 26. The number of aliphatic hydroxyl groups is 1. The van der Waals surface area contributed by atoms with E-state index >= 15 is 0 Å². The zero-order valence-electron chi connectivity index (χ0n) is 36.4. The molecule has 0 radical (unpaired) electrons. The first kappa shape index (κ1) is 52.8. The van der Waals surface area contributed by atoms with Gasteiger partial charge in [-0.25, -0.2) is 0 Å². The van der Waals surface area contributed by atoms with Crippen LogP contribution in [0.5, 0.6) is 0 Å². The molecular formula is C38H52O26. The minimum atomic E-state index is -2.02. The van der Waals surface area contributed by atoms with Crippen molar-refractivity contribution in [1.82, 2.24) is 0 Å². The lowest BCUT2D eigenvalue weighted by atomic mass is 9.96. The number of aliphatic hydroxyl groups excluding tert-OH is 1. The van der Waals surface area contributed by atoms with E-state index in [1.54, 1.807) is 0 Å². The Morgan fingerprint density at radius 3 is 0.891 bits per heavy atom. The molecule has 0 spiro atoms. The van der Waals surface area contributed by atoms with Crippen LogP contribution >= 0.6 is 0 Å². The summed E-state index contributed by atoms with van der Waals surface area (Å²) < 4.78 is 83.3. The first-order valence-corrected chi connectivity index (χ1v) is 19.4. The molecule has 360 valence electrons. The predicted molar refractivity (Wildman–Crippen MR) is 197 cm³/mol. The lowest BCUT2D eigenvalue weighted by molar-refractivity contribution is -0.343. The van der Waals surface area contributed by atoms with E-state index in [1.165, 1.54) is 0 Å². The van der Waals surface area contributed by atoms with Crippen LogP contribution in [0.3, 0.4) is 0 Å². The van der Waals surface area contributed by atoms with E-state index in [9.17, 15) is 53.1 Å². The van der Waals surface area contributed by atoms with E-state index in [2.05, 4.69) is 0 Å². The maximum absolute atomic E-state index is 12.6. The lowest BCUT2D eigenvalue weighted by Gasteiger charge is -2.47. The summed E-state index contributed by atoms with van der Waals surface area (Å²) in [7, 11) is 0. The summed E-state index contributed by atoms with van der Waals surface area (Å²) in [5.74, 6) is -9.38. The Morgan fingerprint density at radius 1 is 0.328 bits per heavy atom. The Balaban J connectivity index is 2.11. The van der Waals surface area contributed by atoms with Crippen LogP contribution < -0.4 is 0 Å². The summed E-state index contributed by atoms with van der Waals surface area (Å²) in [5.41, 5.74) is 0. The van der Waals surface area contributed by atoms with Crippen LogP contribution in [0.4, 0.5) is 0 Å². The number of esters is 10. The van der Waals surface area contributed by atoms with E-state index in [0.29, 0.717) is 0 Å². The van der Waals surface area contributed by atoms with Crippen LogP contribution in [0, 0.1) is 0 Å². The van der Waals surface area contributed by atoms with Crippen molar-refractivity contribution in [3.63, 3.8) is 0 Å². The number of rotatable bonds is 17. The van der Waals surface area contributed by atoms with E-state index in [1.807, 2.05) is 0 Å². The normalized spacial score (nSPS) is 32.3. The molecule has 3 aliphatic heterocycles. The Hall–Kier alpha value is -5.54. The van der Waals surface area contributed by atoms with Crippen LogP contribution in [0.1, 0.15) is 69.2 Å². The van der Waals surface area contributed by atoms with Crippen molar-refractivity contribution in [3.05, 3.63) is 0 Å². The minimum absolute atomic E-state index is 0.617. The summed E-state index contributed by atoms with van der Waals surface area (Å²) in [4.78, 5) is 123. The molecule has 0 unspecified atom stereocenters. The first-order valence-electron chi connectivity index (χ1n) is 19.4.